The molecule has 0 aromatic heterocycles. The Bertz CT molecular complexity index is 496. The lowest BCUT2D eigenvalue weighted by atomic mass is 9.80. The molecule has 0 saturated carbocycles. The van der Waals surface area contributed by atoms with Gasteiger partial charge in [-0.1, -0.05) is 102 Å². The molecule has 160 valence electrons. The summed E-state index contributed by atoms with van der Waals surface area (Å²) in [6, 6.07) is 10.6. The number of esters is 1. The monoisotopic (exact) mass is 388 g/mol. The van der Waals surface area contributed by atoms with Gasteiger partial charge in [-0.15, -0.1) is 0 Å². The van der Waals surface area contributed by atoms with Gasteiger partial charge in [-0.3, -0.25) is 4.79 Å². The average molecular weight is 389 g/mol. The average Bonchev–Trinajstić information content (AvgIpc) is 2.72. The van der Waals surface area contributed by atoms with Gasteiger partial charge < -0.3 is 4.74 Å². The van der Waals surface area contributed by atoms with Crippen LogP contribution in [-0.4, -0.2) is 12.6 Å². The van der Waals surface area contributed by atoms with Gasteiger partial charge in [0.25, 0.3) is 0 Å². The molecule has 1 atom stereocenters. The van der Waals surface area contributed by atoms with Crippen molar-refractivity contribution in [1.82, 2.24) is 0 Å². The minimum atomic E-state index is -0.000610. The number of carbonyl (C=O) groups is 1. The lowest BCUT2D eigenvalue weighted by molar-refractivity contribution is -0.147. The Morgan fingerprint density at radius 3 is 2.18 bits per heavy atom. The van der Waals surface area contributed by atoms with Crippen LogP contribution in [0.25, 0.3) is 0 Å². The predicted octanol–water partition coefficient (Wildman–Crippen LogP) is 7.89. The number of carbonyl (C=O) groups excluding carboxylic acids is 1. The number of aryl methyl sites for hydroxylation is 1. The van der Waals surface area contributed by atoms with Crippen LogP contribution in [0.4, 0.5) is 0 Å². The van der Waals surface area contributed by atoms with Crippen molar-refractivity contribution in [3.8, 4) is 0 Å². The van der Waals surface area contributed by atoms with Gasteiger partial charge >= 0.3 is 5.97 Å². The van der Waals surface area contributed by atoms with Gasteiger partial charge in [0.2, 0.25) is 0 Å². The van der Waals surface area contributed by atoms with Gasteiger partial charge in [-0.2, -0.15) is 0 Å². The Labute approximate surface area is 174 Å². The molecule has 1 aromatic carbocycles. The van der Waals surface area contributed by atoms with E-state index in [4.69, 9.17) is 4.74 Å². The molecule has 0 aliphatic heterocycles. The van der Waals surface area contributed by atoms with Crippen molar-refractivity contribution in [3.05, 3.63) is 35.9 Å². The highest BCUT2D eigenvalue weighted by Crippen LogP contribution is 2.31. The maximum atomic E-state index is 12.2. The Hall–Kier alpha value is -1.31. The highest BCUT2D eigenvalue weighted by atomic mass is 16.5. The Morgan fingerprint density at radius 2 is 1.46 bits per heavy atom. The molecule has 0 spiro atoms. The van der Waals surface area contributed by atoms with E-state index in [1.807, 2.05) is 0 Å². The minimum absolute atomic E-state index is 0.000610. The van der Waals surface area contributed by atoms with Crippen molar-refractivity contribution in [2.24, 2.45) is 5.41 Å². The lowest BCUT2D eigenvalue weighted by Gasteiger charge is -2.29. The van der Waals surface area contributed by atoms with Crippen LogP contribution in [0.3, 0.4) is 0 Å². The number of unbranched alkanes of at least 4 members (excludes halogenated alkanes) is 7. The first-order valence-corrected chi connectivity index (χ1v) is 11.8. The van der Waals surface area contributed by atoms with Gasteiger partial charge in [-0.05, 0) is 37.7 Å². The maximum absolute atomic E-state index is 12.2. The Balaban J connectivity index is 2.16. The summed E-state index contributed by atoms with van der Waals surface area (Å²) in [5, 5.41) is 0. The van der Waals surface area contributed by atoms with E-state index in [0.29, 0.717) is 13.0 Å². The van der Waals surface area contributed by atoms with E-state index in [-0.39, 0.29) is 11.4 Å². The van der Waals surface area contributed by atoms with Crippen molar-refractivity contribution >= 4 is 5.97 Å². The maximum Gasteiger partial charge on any atom is 0.305 e. The van der Waals surface area contributed by atoms with Crippen LogP contribution in [0.15, 0.2) is 30.3 Å². The molecule has 0 saturated heterocycles. The second kappa shape index (κ2) is 15.6. The van der Waals surface area contributed by atoms with Crippen molar-refractivity contribution in [2.45, 2.75) is 111 Å². The van der Waals surface area contributed by atoms with Crippen molar-refractivity contribution in [2.75, 3.05) is 6.61 Å². The molecule has 2 nitrogen and oxygen atoms in total. The van der Waals surface area contributed by atoms with E-state index < -0.39 is 0 Å². The van der Waals surface area contributed by atoms with E-state index in [9.17, 15) is 4.79 Å². The van der Waals surface area contributed by atoms with Gasteiger partial charge in [0.1, 0.15) is 0 Å². The van der Waals surface area contributed by atoms with Crippen LogP contribution >= 0.6 is 0 Å². The summed E-state index contributed by atoms with van der Waals surface area (Å²) < 4.78 is 5.70. The number of rotatable bonds is 17. The molecule has 0 aliphatic rings. The first-order chi connectivity index (χ1) is 13.6. The fraction of sp³-hybridized carbons (Fsp3) is 0.731. The molecule has 0 amide bonds. The van der Waals surface area contributed by atoms with E-state index in [2.05, 4.69) is 51.1 Å². The molecule has 28 heavy (non-hydrogen) atoms. The standard InChI is InChI=1S/C26H44O2/c1-4-6-8-16-22-26(3,21-7-5-2)23-28-25(27)20-15-10-9-12-17-24-18-13-11-14-19-24/h11,13-14,18-19H,4-10,12,15-17,20-23H2,1-3H3. The highest BCUT2D eigenvalue weighted by molar-refractivity contribution is 5.69. The van der Waals surface area contributed by atoms with E-state index >= 15 is 0 Å². The van der Waals surface area contributed by atoms with Crippen LogP contribution < -0.4 is 0 Å². The first kappa shape index (κ1) is 24.7. The molecule has 1 rings (SSSR count). The molecule has 1 unspecified atom stereocenters. The topological polar surface area (TPSA) is 26.3 Å². The van der Waals surface area contributed by atoms with Gasteiger partial charge in [0.05, 0.1) is 6.61 Å². The molecule has 2 heteroatoms. The fourth-order valence-corrected chi connectivity index (χ4v) is 3.78. The second-order valence-electron chi connectivity index (χ2n) is 8.79. The third-order valence-electron chi connectivity index (χ3n) is 5.79. The summed E-state index contributed by atoms with van der Waals surface area (Å²) in [4.78, 5) is 12.2. The minimum Gasteiger partial charge on any atom is -0.465 e. The predicted molar refractivity (Wildman–Crippen MR) is 121 cm³/mol. The van der Waals surface area contributed by atoms with Crippen molar-refractivity contribution in [1.29, 1.82) is 0 Å². The zero-order chi connectivity index (χ0) is 20.5. The molecule has 0 N–H and O–H groups in total. The summed E-state index contributed by atoms with van der Waals surface area (Å²) in [6.07, 6.45) is 16.1. The van der Waals surface area contributed by atoms with Crippen LogP contribution in [-0.2, 0) is 16.0 Å². The molecular formula is C26H44O2. The highest BCUT2D eigenvalue weighted by Gasteiger charge is 2.25. The van der Waals surface area contributed by atoms with Crippen LogP contribution in [0.2, 0.25) is 0 Å². The zero-order valence-electron chi connectivity index (χ0n) is 18.8. The van der Waals surface area contributed by atoms with Crippen molar-refractivity contribution in [3.63, 3.8) is 0 Å². The first-order valence-electron chi connectivity index (χ1n) is 11.8. The summed E-state index contributed by atoms with van der Waals surface area (Å²) in [7, 11) is 0. The van der Waals surface area contributed by atoms with Gasteiger partial charge in [0, 0.05) is 11.8 Å². The molecule has 0 radical (unpaired) electrons. The summed E-state index contributed by atoms with van der Waals surface area (Å²) in [5.74, 6) is -0.000610. The quantitative estimate of drug-likeness (QED) is 0.200. The molecule has 1 aromatic rings. The van der Waals surface area contributed by atoms with Crippen molar-refractivity contribution < 1.29 is 9.53 Å². The Kier molecular flexibility index (Phi) is 13.8. The third-order valence-corrected chi connectivity index (χ3v) is 5.79. The lowest BCUT2D eigenvalue weighted by Crippen LogP contribution is -2.25. The summed E-state index contributed by atoms with van der Waals surface area (Å²) >= 11 is 0. The molecular weight excluding hydrogens is 344 g/mol. The Morgan fingerprint density at radius 1 is 0.821 bits per heavy atom. The van der Waals surface area contributed by atoms with Crippen LogP contribution in [0.5, 0.6) is 0 Å². The zero-order valence-corrected chi connectivity index (χ0v) is 18.8. The summed E-state index contributed by atoms with van der Waals surface area (Å²) in [6.45, 7) is 7.40. The smallest absolute Gasteiger partial charge is 0.305 e. The van der Waals surface area contributed by atoms with Crippen LogP contribution in [0, 0.1) is 5.41 Å². The third kappa shape index (κ3) is 12.2. The van der Waals surface area contributed by atoms with E-state index in [1.165, 1.54) is 69.8 Å². The number of hydrogen-bond donors (Lipinski definition) is 0. The van der Waals surface area contributed by atoms with Gasteiger partial charge in [0.15, 0.2) is 0 Å². The largest absolute Gasteiger partial charge is 0.465 e. The summed E-state index contributed by atoms with van der Waals surface area (Å²) in [5.41, 5.74) is 1.57. The molecule has 0 heterocycles. The normalized spacial score (nSPS) is 13.2. The number of benzene rings is 1. The van der Waals surface area contributed by atoms with Gasteiger partial charge in [-0.25, -0.2) is 0 Å². The second-order valence-corrected chi connectivity index (χ2v) is 8.79. The molecule has 0 fully saturated rings. The number of ether oxygens (including phenoxy) is 1. The van der Waals surface area contributed by atoms with E-state index in [1.54, 1.807) is 0 Å². The molecule has 0 bridgehead atoms. The van der Waals surface area contributed by atoms with E-state index in [0.717, 1.165) is 19.3 Å². The number of hydrogen-bond acceptors (Lipinski definition) is 2. The van der Waals surface area contributed by atoms with Crippen LogP contribution in [0.1, 0.15) is 110 Å². The molecule has 0 aliphatic carbocycles. The fourth-order valence-electron chi connectivity index (χ4n) is 3.78. The SMILES string of the molecule is CCCCCCC(C)(CCCC)COC(=O)CCCCCCc1ccccc1.